The SMILES string of the molecule is Bc1cnc(C(=O)N(C)OC)c(SCC)c1. The lowest BCUT2D eigenvalue weighted by Crippen LogP contribution is -2.27. The van der Waals surface area contributed by atoms with Crippen LogP contribution in [0.1, 0.15) is 17.4 Å². The van der Waals surface area contributed by atoms with Crippen LogP contribution in [-0.4, -0.2) is 43.7 Å². The van der Waals surface area contributed by atoms with Crippen LogP contribution in [0, 0.1) is 0 Å². The monoisotopic (exact) mass is 238 g/mol. The molecule has 0 saturated carbocycles. The summed E-state index contributed by atoms with van der Waals surface area (Å²) in [5.74, 6) is 0.681. The predicted molar refractivity (Wildman–Crippen MR) is 67.9 cm³/mol. The Morgan fingerprint density at radius 1 is 1.69 bits per heavy atom. The van der Waals surface area contributed by atoms with Crippen molar-refractivity contribution in [1.82, 2.24) is 10.0 Å². The molecule has 0 saturated heterocycles. The van der Waals surface area contributed by atoms with Crippen molar-refractivity contribution >= 4 is 31.0 Å². The molecular weight excluding hydrogens is 223 g/mol. The Morgan fingerprint density at radius 2 is 2.38 bits per heavy atom. The van der Waals surface area contributed by atoms with E-state index < -0.39 is 0 Å². The van der Waals surface area contributed by atoms with E-state index in [9.17, 15) is 4.79 Å². The number of nitrogens with zero attached hydrogens (tertiary/aromatic N) is 2. The van der Waals surface area contributed by atoms with Gasteiger partial charge in [0.1, 0.15) is 13.5 Å². The van der Waals surface area contributed by atoms with Gasteiger partial charge in [0.25, 0.3) is 5.91 Å². The number of hydrogen-bond donors (Lipinski definition) is 0. The molecule has 0 aliphatic heterocycles. The fraction of sp³-hybridized carbons (Fsp3) is 0.400. The quantitative estimate of drug-likeness (QED) is 0.423. The predicted octanol–water partition coefficient (Wildman–Crippen LogP) is 0.0854. The molecule has 0 N–H and O–H groups in total. The lowest BCUT2D eigenvalue weighted by Gasteiger charge is -2.15. The van der Waals surface area contributed by atoms with Gasteiger partial charge in [-0.15, -0.1) is 11.8 Å². The van der Waals surface area contributed by atoms with E-state index in [0.717, 1.165) is 16.1 Å². The molecule has 4 nitrogen and oxygen atoms in total. The van der Waals surface area contributed by atoms with Crippen LogP contribution >= 0.6 is 11.8 Å². The minimum Gasteiger partial charge on any atom is -0.274 e. The molecule has 0 bridgehead atoms. The molecule has 0 atom stereocenters. The Kier molecular flexibility index (Phi) is 4.83. The highest BCUT2D eigenvalue weighted by Gasteiger charge is 2.17. The van der Waals surface area contributed by atoms with E-state index in [1.807, 2.05) is 20.8 Å². The number of aromatic nitrogens is 1. The zero-order valence-corrected chi connectivity index (χ0v) is 10.8. The molecule has 6 heteroatoms. The lowest BCUT2D eigenvalue weighted by atomic mass is 9.99. The number of thioether (sulfide) groups is 1. The summed E-state index contributed by atoms with van der Waals surface area (Å²) >= 11 is 1.61. The van der Waals surface area contributed by atoms with Crippen molar-refractivity contribution in [1.29, 1.82) is 0 Å². The van der Waals surface area contributed by atoms with Crippen LogP contribution < -0.4 is 5.46 Å². The van der Waals surface area contributed by atoms with Gasteiger partial charge in [-0.25, -0.2) is 5.06 Å². The Hall–Kier alpha value is -1.01. The van der Waals surface area contributed by atoms with Gasteiger partial charge in [-0.05, 0) is 5.75 Å². The van der Waals surface area contributed by atoms with Gasteiger partial charge in [-0.2, -0.15) is 0 Å². The second-order valence-electron chi connectivity index (χ2n) is 3.28. The van der Waals surface area contributed by atoms with Crippen molar-refractivity contribution in [2.24, 2.45) is 0 Å². The minimum atomic E-state index is -0.224. The zero-order valence-electron chi connectivity index (χ0n) is 9.98. The highest BCUT2D eigenvalue weighted by molar-refractivity contribution is 7.99. The van der Waals surface area contributed by atoms with Gasteiger partial charge in [0.2, 0.25) is 0 Å². The second-order valence-corrected chi connectivity index (χ2v) is 4.58. The summed E-state index contributed by atoms with van der Waals surface area (Å²) in [6, 6.07) is 1.97. The summed E-state index contributed by atoms with van der Waals surface area (Å²) < 4.78 is 0. The molecule has 0 fully saturated rings. The normalized spacial score (nSPS) is 10.2. The first-order valence-corrected chi connectivity index (χ1v) is 6.00. The summed E-state index contributed by atoms with van der Waals surface area (Å²) in [7, 11) is 4.99. The number of carbonyl (C=O) groups is 1. The Balaban J connectivity index is 3.06. The van der Waals surface area contributed by atoms with Gasteiger partial charge in [-0.1, -0.05) is 18.5 Å². The fourth-order valence-corrected chi connectivity index (χ4v) is 2.06. The van der Waals surface area contributed by atoms with Crippen molar-refractivity contribution in [2.75, 3.05) is 19.9 Å². The third kappa shape index (κ3) is 2.99. The summed E-state index contributed by atoms with van der Waals surface area (Å²) in [6.07, 6.45) is 1.69. The van der Waals surface area contributed by atoms with Crippen LogP contribution in [0.4, 0.5) is 0 Å². The molecule has 0 unspecified atom stereocenters. The van der Waals surface area contributed by atoms with Crippen molar-refractivity contribution in [2.45, 2.75) is 11.8 Å². The van der Waals surface area contributed by atoms with E-state index in [1.54, 1.807) is 25.0 Å². The highest BCUT2D eigenvalue weighted by atomic mass is 32.2. The highest BCUT2D eigenvalue weighted by Crippen LogP contribution is 2.20. The largest absolute Gasteiger partial charge is 0.296 e. The number of amides is 1. The molecule has 1 amide bonds. The molecule has 0 aliphatic carbocycles. The zero-order chi connectivity index (χ0) is 12.1. The van der Waals surface area contributed by atoms with Gasteiger partial charge in [-0.3, -0.25) is 14.6 Å². The van der Waals surface area contributed by atoms with Gasteiger partial charge in [0.05, 0.1) is 7.11 Å². The molecule has 0 aromatic carbocycles. The van der Waals surface area contributed by atoms with Crippen molar-refractivity contribution in [3.63, 3.8) is 0 Å². The van der Waals surface area contributed by atoms with Crippen LogP contribution in [0.25, 0.3) is 0 Å². The first kappa shape index (κ1) is 13.1. The van der Waals surface area contributed by atoms with E-state index in [2.05, 4.69) is 4.98 Å². The smallest absolute Gasteiger partial charge is 0.274 e. The molecule has 0 aliphatic rings. The van der Waals surface area contributed by atoms with Gasteiger partial charge in [0.15, 0.2) is 0 Å². The van der Waals surface area contributed by atoms with Crippen LogP contribution in [0.3, 0.4) is 0 Å². The molecular formula is C10H15BN2O2S. The summed E-state index contributed by atoms with van der Waals surface area (Å²) in [4.78, 5) is 21.8. The van der Waals surface area contributed by atoms with Crippen molar-refractivity contribution < 1.29 is 9.63 Å². The van der Waals surface area contributed by atoms with Crippen molar-refractivity contribution in [3.8, 4) is 0 Å². The Bertz CT molecular complexity index is 387. The molecule has 0 radical (unpaired) electrons. The van der Waals surface area contributed by atoms with E-state index in [1.165, 1.54) is 12.2 Å². The number of rotatable bonds is 4. The molecule has 1 aromatic rings. The van der Waals surface area contributed by atoms with E-state index in [4.69, 9.17) is 4.84 Å². The number of hydrogen-bond acceptors (Lipinski definition) is 4. The molecule has 1 rings (SSSR count). The van der Waals surface area contributed by atoms with Crippen molar-refractivity contribution in [3.05, 3.63) is 18.0 Å². The standard InChI is InChI=1S/C10H15BN2O2S/c1-4-16-8-5-7(11)6-12-9(8)10(14)13(2)15-3/h5-6H,4,11H2,1-3H3. The molecule has 0 spiro atoms. The average molecular weight is 238 g/mol. The minimum absolute atomic E-state index is 0.224. The first-order valence-electron chi connectivity index (χ1n) is 5.01. The fourth-order valence-electron chi connectivity index (χ4n) is 1.20. The average Bonchev–Trinajstić information content (AvgIpc) is 2.28. The number of hydroxylamine groups is 2. The molecule has 86 valence electrons. The van der Waals surface area contributed by atoms with E-state index in [0.29, 0.717) is 5.69 Å². The van der Waals surface area contributed by atoms with Crippen LogP contribution in [0.2, 0.25) is 0 Å². The third-order valence-corrected chi connectivity index (χ3v) is 2.96. The molecule has 1 heterocycles. The molecule has 1 aromatic heterocycles. The molecule has 16 heavy (non-hydrogen) atoms. The van der Waals surface area contributed by atoms with Crippen LogP contribution in [0.15, 0.2) is 17.2 Å². The van der Waals surface area contributed by atoms with E-state index >= 15 is 0 Å². The number of pyridine rings is 1. The topological polar surface area (TPSA) is 42.4 Å². The first-order chi connectivity index (χ1) is 7.60. The second kappa shape index (κ2) is 5.91. The number of carbonyl (C=O) groups excluding carboxylic acids is 1. The maximum Gasteiger partial charge on any atom is 0.296 e. The van der Waals surface area contributed by atoms with Crippen LogP contribution in [-0.2, 0) is 4.84 Å². The summed E-state index contributed by atoms with van der Waals surface area (Å²) in [6.45, 7) is 2.04. The summed E-state index contributed by atoms with van der Waals surface area (Å²) in [5.41, 5.74) is 1.49. The maximum absolute atomic E-state index is 11.9. The van der Waals surface area contributed by atoms with Gasteiger partial charge >= 0.3 is 0 Å². The van der Waals surface area contributed by atoms with E-state index in [-0.39, 0.29) is 5.91 Å². The van der Waals surface area contributed by atoms with Gasteiger partial charge < -0.3 is 0 Å². The Morgan fingerprint density at radius 3 is 2.94 bits per heavy atom. The Labute approximate surface area is 101 Å². The van der Waals surface area contributed by atoms with Gasteiger partial charge in [0, 0.05) is 18.1 Å². The van der Waals surface area contributed by atoms with Crippen LogP contribution in [0.5, 0.6) is 0 Å². The maximum atomic E-state index is 11.9. The lowest BCUT2D eigenvalue weighted by molar-refractivity contribution is -0.0762. The summed E-state index contributed by atoms with van der Waals surface area (Å²) in [5, 5.41) is 1.18. The third-order valence-electron chi connectivity index (χ3n) is 2.05.